The molecular weight excluding hydrogens is 537 g/mol. The first-order chi connectivity index (χ1) is 19.8. The van der Waals surface area contributed by atoms with Crippen molar-refractivity contribution < 1.29 is 13.9 Å². The standard InChI is InChI=1S/C32H34FN5O2S/c1-5-6-17-40-25-14-12-23(13-15-25)29-28(30(39)35-27-16-11-20(2)18-21(27)3)22(4)34-31-36-32(37-38(29)31)41-19-24-9-7-8-10-26(24)33/h7-16,18,29H,5-6,17,19H2,1-4H3,(H,35,39)(H,34,36,37). The third-order valence-corrected chi connectivity index (χ3v) is 7.87. The lowest BCUT2D eigenvalue weighted by Crippen LogP contribution is -2.31. The van der Waals surface area contributed by atoms with Crippen LogP contribution in [0.4, 0.5) is 16.0 Å². The van der Waals surface area contributed by atoms with E-state index >= 15 is 0 Å². The topological polar surface area (TPSA) is 81.1 Å². The second kappa shape index (κ2) is 12.6. The number of fused-ring (bicyclic) bond motifs is 1. The summed E-state index contributed by atoms with van der Waals surface area (Å²) in [6, 6.07) is 19.9. The summed E-state index contributed by atoms with van der Waals surface area (Å²) in [7, 11) is 0. The Balaban J connectivity index is 1.47. The zero-order valence-corrected chi connectivity index (χ0v) is 24.5. The Morgan fingerprint density at radius 2 is 1.88 bits per heavy atom. The van der Waals surface area contributed by atoms with Crippen LogP contribution in [0.25, 0.3) is 0 Å². The van der Waals surface area contributed by atoms with E-state index in [0.717, 1.165) is 41.0 Å². The second-order valence-electron chi connectivity index (χ2n) is 10.2. The van der Waals surface area contributed by atoms with Crippen molar-refractivity contribution in [3.05, 3.63) is 106 Å². The number of benzene rings is 3. The molecule has 0 saturated heterocycles. The lowest BCUT2D eigenvalue weighted by molar-refractivity contribution is -0.113. The molecule has 0 spiro atoms. The SMILES string of the molecule is CCCCOc1ccc(C2C(C(=O)Nc3ccc(C)cc3C)=C(C)Nc3nc(SCc4ccccc4F)nn32)cc1. The van der Waals surface area contributed by atoms with Crippen molar-refractivity contribution in [2.75, 3.05) is 17.2 Å². The van der Waals surface area contributed by atoms with Gasteiger partial charge < -0.3 is 15.4 Å². The van der Waals surface area contributed by atoms with Gasteiger partial charge in [-0.2, -0.15) is 4.98 Å². The number of amides is 1. The van der Waals surface area contributed by atoms with Crippen LogP contribution in [0.5, 0.6) is 5.75 Å². The van der Waals surface area contributed by atoms with E-state index in [4.69, 9.17) is 9.84 Å². The van der Waals surface area contributed by atoms with E-state index in [-0.39, 0.29) is 11.7 Å². The number of halogens is 1. The van der Waals surface area contributed by atoms with Crippen molar-refractivity contribution >= 4 is 29.3 Å². The highest BCUT2D eigenvalue weighted by atomic mass is 32.2. The summed E-state index contributed by atoms with van der Waals surface area (Å²) in [5.41, 5.74) is 5.54. The maximum absolute atomic E-state index is 14.2. The fourth-order valence-corrected chi connectivity index (χ4v) is 5.59. The van der Waals surface area contributed by atoms with Crippen LogP contribution in [-0.2, 0) is 10.5 Å². The predicted molar refractivity (Wildman–Crippen MR) is 162 cm³/mol. The van der Waals surface area contributed by atoms with Crippen molar-refractivity contribution in [3.8, 4) is 5.75 Å². The van der Waals surface area contributed by atoms with Crippen molar-refractivity contribution in [2.45, 2.75) is 57.5 Å². The summed E-state index contributed by atoms with van der Waals surface area (Å²) >= 11 is 1.35. The molecule has 0 radical (unpaired) electrons. The normalized spacial score (nSPS) is 14.4. The first-order valence-electron chi connectivity index (χ1n) is 13.8. The average molecular weight is 572 g/mol. The number of ether oxygens (including phenoxy) is 1. The highest BCUT2D eigenvalue weighted by Gasteiger charge is 2.34. The first-order valence-corrected chi connectivity index (χ1v) is 14.7. The van der Waals surface area contributed by atoms with Gasteiger partial charge in [-0.3, -0.25) is 4.79 Å². The number of allylic oxidation sites excluding steroid dienone is 1. The molecule has 212 valence electrons. The lowest BCUT2D eigenvalue weighted by Gasteiger charge is -2.29. The van der Waals surface area contributed by atoms with E-state index in [1.54, 1.807) is 16.8 Å². The van der Waals surface area contributed by atoms with E-state index in [1.807, 2.05) is 69.3 Å². The Bertz CT molecular complexity index is 1580. The molecule has 7 nitrogen and oxygen atoms in total. The quantitative estimate of drug-likeness (QED) is 0.152. The van der Waals surface area contributed by atoms with Gasteiger partial charge in [0.05, 0.1) is 12.2 Å². The lowest BCUT2D eigenvalue weighted by atomic mass is 9.94. The Kier molecular flexibility index (Phi) is 8.73. The number of unbranched alkanes of at least 4 members (excludes halogenated alkanes) is 1. The minimum atomic E-state index is -0.531. The fraction of sp³-hybridized carbons (Fsp3) is 0.281. The maximum atomic E-state index is 14.2. The molecule has 41 heavy (non-hydrogen) atoms. The Hall–Kier alpha value is -4.11. The summed E-state index contributed by atoms with van der Waals surface area (Å²) in [5.74, 6) is 1.20. The largest absolute Gasteiger partial charge is 0.494 e. The molecule has 0 aliphatic carbocycles. The van der Waals surface area contributed by atoms with E-state index in [9.17, 15) is 9.18 Å². The Morgan fingerprint density at radius 3 is 2.61 bits per heavy atom. The van der Waals surface area contributed by atoms with Gasteiger partial charge in [0.1, 0.15) is 17.6 Å². The van der Waals surface area contributed by atoms with Gasteiger partial charge in [0.2, 0.25) is 11.1 Å². The number of nitrogens with zero attached hydrogens (tertiary/aromatic N) is 3. The zero-order chi connectivity index (χ0) is 28.9. The van der Waals surface area contributed by atoms with Gasteiger partial charge in [0.15, 0.2) is 0 Å². The van der Waals surface area contributed by atoms with Crippen LogP contribution in [-0.4, -0.2) is 27.3 Å². The maximum Gasteiger partial charge on any atom is 0.255 e. The molecule has 5 rings (SSSR count). The molecule has 1 unspecified atom stereocenters. The molecule has 4 aromatic rings. The van der Waals surface area contributed by atoms with E-state index < -0.39 is 6.04 Å². The summed E-state index contributed by atoms with van der Waals surface area (Å²) < 4.78 is 21.8. The second-order valence-corrected chi connectivity index (χ2v) is 11.1. The third-order valence-electron chi connectivity index (χ3n) is 6.98. The van der Waals surface area contributed by atoms with Gasteiger partial charge in [0, 0.05) is 17.1 Å². The van der Waals surface area contributed by atoms with Crippen LogP contribution in [0.15, 0.2) is 83.2 Å². The number of hydrogen-bond acceptors (Lipinski definition) is 6. The van der Waals surface area contributed by atoms with Gasteiger partial charge in [-0.15, -0.1) is 5.10 Å². The molecule has 3 aromatic carbocycles. The van der Waals surface area contributed by atoms with Gasteiger partial charge in [-0.1, -0.05) is 73.1 Å². The van der Waals surface area contributed by atoms with Crippen LogP contribution in [0.2, 0.25) is 0 Å². The molecule has 1 aliphatic heterocycles. The Morgan fingerprint density at radius 1 is 1.10 bits per heavy atom. The monoisotopic (exact) mass is 571 g/mol. The predicted octanol–water partition coefficient (Wildman–Crippen LogP) is 7.43. The van der Waals surface area contributed by atoms with Crippen molar-refractivity contribution in [1.29, 1.82) is 0 Å². The van der Waals surface area contributed by atoms with Crippen LogP contribution in [0.1, 0.15) is 55.0 Å². The van der Waals surface area contributed by atoms with Gasteiger partial charge in [-0.25, -0.2) is 9.07 Å². The number of nitrogens with one attached hydrogen (secondary N) is 2. The van der Waals surface area contributed by atoms with Gasteiger partial charge >= 0.3 is 0 Å². The van der Waals surface area contributed by atoms with Crippen LogP contribution in [0, 0.1) is 19.7 Å². The molecule has 0 bridgehead atoms. The highest BCUT2D eigenvalue weighted by Crippen LogP contribution is 2.38. The number of aromatic nitrogens is 3. The van der Waals surface area contributed by atoms with Crippen molar-refractivity contribution in [3.63, 3.8) is 0 Å². The minimum absolute atomic E-state index is 0.225. The summed E-state index contributed by atoms with van der Waals surface area (Å²) in [6.45, 7) is 8.65. The number of carbonyl (C=O) groups excluding carboxylic acids is 1. The zero-order valence-electron chi connectivity index (χ0n) is 23.7. The average Bonchev–Trinajstić information content (AvgIpc) is 3.36. The van der Waals surface area contributed by atoms with Gasteiger partial charge in [0.25, 0.3) is 5.91 Å². The summed E-state index contributed by atoms with van der Waals surface area (Å²) in [5, 5.41) is 11.6. The van der Waals surface area contributed by atoms with E-state index in [1.165, 1.54) is 17.8 Å². The Labute approximate surface area is 244 Å². The molecule has 1 aliphatic rings. The number of hydrogen-bond donors (Lipinski definition) is 2. The number of thioether (sulfide) groups is 1. The highest BCUT2D eigenvalue weighted by molar-refractivity contribution is 7.98. The van der Waals surface area contributed by atoms with Crippen molar-refractivity contribution in [1.82, 2.24) is 14.8 Å². The molecule has 1 aromatic heterocycles. The third kappa shape index (κ3) is 6.46. The molecule has 2 N–H and O–H groups in total. The van der Waals surface area contributed by atoms with Crippen LogP contribution in [0.3, 0.4) is 0 Å². The fourth-order valence-electron chi connectivity index (χ4n) is 4.78. The van der Waals surface area contributed by atoms with E-state index in [2.05, 4.69) is 22.5 Å². The summed E-state index contributed by atoms with van der Waals surface area (Å²) in [4.78, 5) is 18.5. The molecular formula is C32H34FN5O2S. The molecule has 9 heteroatoms. The molecule has 0 saturated carbocycles. The van der Waals surface area contributed by atoms with Gasteiger partial charge in [-0.05, 0) is 68.1 Å². The number of rotatable bonds is 10. The number of carbonyl (C=O) groups is 1. The molecule has 1 atom stereocenters. The number of aryl methyl sites for hydroxylation is 2. The van der Waals surface area contributed by atoms with Crippen LogP contribution < -0.4 is 15.4 Å². The first kappa shape index (κ1) is 28.4. The molecule has 0 fully saturated rings. The smallest absolute Gasteiger partial charge is 0.255 e. The molecule has 2 heterocycles. The number of anilines is 2. The summed E-state index contributed by atoms with van der Waals surface area (Å²) in [6.07, 6.45) is 2.04. The van der Waals surface area contributed by atoms with Crippen LogP contribution >= 0.6 is 11.8 Å². The van der Waals surface area contributed by atoms with Crippen molar-refractivity contribution in [2.24, 2.45) is 0 Å². The molecule has 1 amide bonds. The minimum Gasteiger partial charge on any atom is -0.494 e. The van der Waals surface area contributed by atoms with E-state index in [0.29, 0.717) is 40.3 Å².